The topological polar surface area (TPSA) is 69.8 Å². The van der Waals surface area contributed by atoms with E-state index >= 15 is 0 Å². The number of aliphatic imine (C=N–C) groups is 1. The van der Waals surface area contributed by atoms with E-state index in [0.29, 0.717) is 24.8 Å². The van der Waals surface area contributed by atoms with Crippen LogP contribution in [0.25, 0.3) is 0 Å². The lowest BCUT2D eigenvalue weighted by Gasteiger charge is -2.22. The molecule has 6 heteroatoms. The van der Waals surface area contributed by atoms with E-state index in [-0.39, 0.29) is 0 Å². The molecule has 2 aromatic heterocycles. The minimum absolute atomic E-state index is 0.315. The molecule has 0 fully saturated rings. The molecule has 2 aromatic rings. The highest BCUT2D eigenvalue weighted by Gasteiger charge is 2.27. The summed E-state index contributed by atoms with van der Waals surface area (Å²) in [5, 5.41) is 19.0. The summed E-state index contributed by atoms with van der Waals surface area (Å²) in [5.41, 5.74) is 0.163. The fraction of sp³-hybridized carbons (Fsp3) is 0.471. The molecule has 0 radical (unpaired) electrons. The number of aryl methyl sites for hydroxylation is 2. The summed E-state index contributed by atoms with van der Waals surface area (Å²) in [6, 6.07) is 5.75. The molecule has 0 bridgehead atoms. The molecule has 0 amide bonds. The molecule has 0 aliphatic carbocycles. The van der Waals surface area contributed by atoms with Gasteiger partial charge in [-0.05, 0) is 56.8 Å². The first kappa shape index (κ1) is 17.6. The first-order valence-electron chi connectivity index (χ1n) is 7.77. The van der Waals surface area contributed by atoms with E-state index in [9.17, 15) is 5.11 Å². The van der Waals surface area contributed by atoms with E-state index in [2.05, 4.69) is 34.0 Å². The van der Waals surface area contributed by atoms with Gasteiger partial charge in [-0.1, -0.05) is 0 Å². The van der Waals surface area contributed by atoms with E-state index < -0.39 is 5.60 Å². The minimum Gasteiger partial charge on any atom is -0.463 e. The Labute approximate surface area is 141 Å². The molecule has 3 N–H and O–H groups in total. The van der Waals surface area contributed by atoms with E-state index in [1.54, 1.807) is 24.3 Å². The summed E-state index contributed by atoms with van der Waals surface area (Å²) in [6.45, 7) is 9.40. The number of nitrogens with one attached hydrogen (secondary N) is 2. The van der Waals surface area contributed by atoms with Crippen molar-refractivity contribution in [3.05, 3.63) is 45.5 Å². The Morgan fingerprint density at radius 2 is 2.09 bits per heavy atom. The second-order valence-electron chi connectivity index (χ2n) is 5.76. The number of rotatable bonds is 6. The first-order chi connectivity index (χ1) is 10.9. The van der Waals surface area contributed by atoms with Gasteiger partial charge in [-0.2, -0.15) is 0 Å². The molecule has 0 aromatic carbocycles. The van der Waals surface area contributed by atoms with Crippen molar-refractivity contribution in [1.82, 2.24) is 10.6 Å². The maximum Gasteiger partial charge on any atom is 0.191 e. The van der Waals surface area contributed by atoms with Crippen LogP contribution in [0.3, 0.4) is 0 Å². The van der Waals surface area contributed by atoms with Crippen molar-refractivity contribution in [3.8, 4) is 0 Å². The summed E-state index contributed by atoms with van der Waals surface area (Å²) in [5.74, 6) is 2.02. The van der Waals surface area contributed by atoms with Gasteiger partial charge in [0, 0.05) is 11.4 Å². The van der Waals surface area contributed by atoms with Crippen LogP contribution in [0, 0.1) is 13.8 Å². The fourth-order valence-corrected chi connectivity index (χ4v) is 2.96. The Hall–Kier alpha value is -1.79. The monoisotopic (exact) mass is 335 g/mol. The summed E-state index contributed by atoms with van der Waals surface area (Å²) in [7, 11) is 0. The van der Waals surface area contributed by atoms with Crippen molar-refractivity contribution in [2.45, 2.75) is 39.8 Å². The van der Waals surface area contributed by atoms with Gasteiger partial charge < -0.3 is 20.2 Å². The Morgan fingerprint density at radius 3 is 2.65 bits per heavy atom. The zero-order chi connectivity index (χ0) is 16.9. The summed E-state index contributed by atoms with van der Waals surface area (Å²) >= 11 is 1.71. The molecule has 0 aliphatic heterocycles. The van der Waals surface area contributed by atoms with Crippen LogP contribution in [-0.2, 0) is 12.1 Å². The summed E-state index contributed by atoms with van der Waals surface area (Å²) < 4.78 is 5.53. The standard InChI is InChI=1S/C17H25N3O2S/c1-5-18-16(19-10-14-12(2)8-9-23-14)20-11-17(4,21)15-7-6-13(3)22-15/h6-9,21H,5,10-11H2,1-4H3,(H2,18,19,20). The highest BCUT2D eigenvalue weighted by Crippen LogP contribution is 2.22. The number of guanidine groups is 1. The molecule has 126 valence electrons. The van der Waals surface area contributed by atoms with E-state index in [1.807, 2.05) is 19.9 Å². The third-order valence-electron chi connectivity index (χ3n) is 3.56. The molecule has 2 heterocycles. The Morgan fingerprint density at radius 1 is 1.30 bits per heavy atom. The Bertz CT molecular complexity index is 658. The van der Waals surface area contributed by atoms with Gasteiger partial charge >= 0.3 is 0 Å². The molecule has 5 nitrogen and oxygen atoms in total. The van der Waals surface area contributed by atoms with Gasteiger partial charge in [0.2, 0.25) is 0 Å². The lowest BCUT2D eigenvalue weighted by atomic mass is 10.0. The third kappa shape index (κ3) is 4.84. The van der Waals surface area contributed by atoms with Gasteiger partial charge in [-0.15, -0.1) is 11.3 Å². The highest BCUT2D eigenvalue weighted by atomic mass is 32.1. The Balaban J connectivity index is 2.00. The van der Waals surface area contributed by atoms with Crippen molar-refractivity contribution < 1.29 is 9.52 Å². The van der Waals surface area contributed by atoms with Gasteiger partial charge in [-0.3, -0.25) is 0 Å². The van der Waals surface area contributed by atoms with Crippen LogP contribution in [0.1, 0.15) is 35.8 Å². The SMILES string of the molecule is CCNC(=NCc1sccc1C)NCC(C)(O)c1ccc(C)o1. The second kappa shape index (κ2) is 7.66. The molecular formula is C17H25N3O2S. The summed E-state index contributed by atoms with van der Waals surface area (Å²) in [6.07, 6.45) is 0. The van der Waals surface area contributed by atoms with Crippen LogP contribution in [0.15, 0.2) is 33.0 Å². The van der Waals surface area contributed by atoms with Gasteiger partial charge in [0.05, 0.1) is 13.1 Å². The highest BCUT2D eigenvalue weighted by molar-refractivity contribution is 7.10. The van der Waals surface area contributed by atoms with E-state index in [4.69, 9.17) is 4.42 Å². The van der Waals surface area contributed by atoms with Crippen LogP contribution in [0.2, 0.25) is 0 Å². The maximum atomic E-state index is 10.6. The van der Waals surface area contributed by atoms with Crippen molar-refractivity contribution in [3.63, 3.8) is 0 Å². The largest absolute Gasteiger partial charge is 0.463 e. The molecule has 23 heavy (non-hydrogen) atoms. The Kier molecular flexibility index (Phi) is 5.85. The first-order valence-corrected chi connectivity index (χ1v) is 8.65. The lowest BCUT2D eigenvalue weighted by molar-refractivity contribution is 0.0378. The quantitative estimate of drug-likeness (QED) is 0.561. The normalized spacial score (nSPS) is 14.6. The van der Waals surface area contributed by atoms with Crippen molar-refractivity contribution in [2.75, 3.05) is 13.1 Å². The van der Waals surface area contributed by atoms with E-state index in [1.165, 1.54) is 10.4 Å². The van der Waals surface area contributed by atoms with E-state index in [0.717, 1.165) is 12.3 Å². The number of hydrogen-bond donors (Lipinski definition) is 3. The number of nitrogens with zero attached hydrogens (tertiary/aromatic N) is 1. The molecule has 0 saturated carbocycles. The van der Waals surface area contributed by atoms with Gasteiger partial charge in [0.15, 0.2) is 5.96 Å². The second-order valence-corrected chi connectivity index (χ2v) is 6.76. The number of aliphatic hydroxyl groups is 1. The van der Waals surface area contributed by atoms with Crippen molar-refractivity contribution in [1.29, 1.82) is 0 Å². The average Bonchev–Trinajstić information content (AvgIpc) is 3.11. The van der Waals surface area contributed by atoms with Crippen LogP contribution in [0.5, 0.6) is 0 Å². The van der Waals surface area contributed by atoms with Gasteiger partial charge in [0.25, 0.3) is 0 Å². The molecular weight excluding hydrogens is 310 g/mol. The molecule has 0 saturated heterocycles. The predicted molar refractivity (Wildman–Crippen MR) is 94.9 cm³/mol. The predicted octanol–water partition coefficient (Wildman–Crippen LogP) is 2.92. The third-order valence-corrected chi connectivity index (χ3v) is 4.57. The minimum atomic E-state index is -1.09. The lowest BCUT2D eigenvalue weighted by Crippen LogP contribution is -2.44. The van der Waals surface area contributed by atoms with Crippen LogP contribution in [-0.4, -0.2) is 24.2 Å². The number of thiophene rings is 1. The number of furan rings is 1. The van der Waals surface area contributed by atoms with Gasteiger partial charge in [0.1, 0.15) is 17.1 Å². The van der Waals surface area contributed by atoms with Crippen molar-refractivity contribution >= 4 is 17.3 Å². The van der Waals surface area contributed by atoms with Gasteiger partial charge in [-0.25, -0.2) is 4.99 Å². The van der Waals surface area contributed by atoms with Crippen molar-refractivity contribution in [2.24, 2.45) is 4.99 Å². The fourth-order valence-electron chi connectivity index (χ4n) is 2.13. The van der Waals surface area contributed by atoms with Crippen LogP contribution >= 0.6 is 11.3 Å². The number of hydrogen-bond acceptors (Lipinski definition) is 4. The van der Waals surface area contributed by atoms with Crippen LogP contribution < -0.4 is 10.6 Å². The maximum absolute atomic E-state index is 10.6. The molecule has 2 rings (SSSR count). The molecule has 0 aliphatic rings. The smallest absolute Gasteiger partial charge is 0.191 e. The van der Waals surface area contributed by atoms with Crippen LogP contribution in [0.4, 0.5) is 0 Å². The average molecular weight is 335 g/mol. The molecule has 1 atom stereocenters. The molecule has 0 spiro atoms. The molecule has 1 unspecified atom stereocenters. The zero-order valence-electron chi connectivity index (χ0n) is 14.1. The zero-order valence-corrected chi connectivity index (χ0v) is 15.0. The summed E-state index contributed by atoms with van der Waals surface area (Å²) in [4.78, 5) is 5.83.